The van der Waals surface area contributed by atoms with Gasteiger partial charge in [0.25, 0.3) is 5.91 Å². The maximum absolute atomic E-state index is 14.7. The minimum atomic E-state index is -0.705. The molecule has 2 unspecified atom stereocenters. The number of pyridine rings is 1. The van der Waals surface area contributed by atoms with E-state index in [1.54, 1.807) is 24.3 Å². The summed E-state index contributed by atoms with van der Waals surface area (Å²) >= 11 is 0. The van der Waals surface area contributed by atoms with Gasteiger partial charge in [0.1, 0.15) is 23.3 Å². The number of carbonyl (C=O) groups excluding carboxylic acids is 1. The summed E-state index contributed by atoms with van der Waals surface area (Å²) in [6, 6.07) is 12.6. The number of nitrogens with two attached hydrogens (primary N) is 1. The molecule has 8 nitrogen and oxygen atoms in total. The second-order valence-corrected chi connectivity index (χ2v) is 9.46. The van der Waals surface area contributed by atoms with Gasteiger partial charge in [0, 0.05) is 29.8 Å². The number of halogens is 1. The van der Waals surface area contributed by atoms with Crippen molar-refractivity contribution in [3.8, 4) is 45.7 Å². The lowest BCUT2D eigenvalue weighted by Crippen LogP contribution is -2.50. The van der Waals surface area contributed by atoms with E-state index in [4.69, 9.17) is 20.2 Å². The smallest absolute Gasteiger partial charge is 0.273 e. The number of rotatable bonds is 5. The van der Waals surface area contributed by atoms with E-state index in [9.17, 15) is 19.6 Å². The molecule has 3 N–H and O–H groups in total. The number of phenols is 1. The Hall–Kier alpha value is -4.16. The summed E-state index contributed by atoms with van der Waals surface area (Å²) in [6.07, 6.45) is 3.29. The second kappa shape index (κ2) is 9.71. The predicted octanol–water partition coefficient (Wildman–Crippen LogP) is 4.24. The Morgan fingerprint density at radius 2 is 1.76 bits per heavy atom. The molecule has 2 fully saturated rings. The normalized spacial score (nSPS) is 20.4. The van der Waals surface area contributed by atoms with E-state index in [0.29, 0.717) is 22.4 Å². The Morgan fingerprint density at radius 3 is 2.35 bits per heavy atom. The zero-order valence-corrected chi connectivity index (χ0v) is 20.6. The first-order valence-electron chi connectivity index (χ1n) is 12.1. The molecule has 0 spiro atoms. The average molecular weight is 503 g/mol. The number of nitrogens with zero attached hydrogens (tertiary/aromatic N) is 3. The first-order valence-corrected chi connectivity index (χ1v) is 12.1. The largest absolute Gasteiger partial charge is 0.504 e. The molecule has 190 valence electrons. The summed E-state index contributed by atoms with van der Waals surface area (Å²) in [6.45, 7) is 0. The van der Waals surface area contributed by atoms with Crippen molar-refractivity contribution in [2.75, 3.05) is 14.2 Å². The van der Waals surface area contributed by atoms with Gasteiger partial charge in [0.15, 0.2) is 11.5 Å². The van der Waals surface area contributed by atoms with Crippen LogP contribution in [-0.2, 0) is 0 Å². The maximum Gasteiger partial charge on any atom is 0.273 e. The fourth-order valence-corrected chi connectivity index (χ4v) is 5.56. The summed E-state index contributed by atoms with van der Waals surface area (Å²) in [5, 5.41) is 19.6. The van der Waals surface area contributed by atoms with Crippen LogP contribution in [0.25, 0.3) is 22.4 Å². The molecule has 1 aromatic heterocycles. The third-order valence-corrected chi connectivity index (χ3v) is 7.26. The lowest BCUT2D eigenvalue weighted by molar-refractivity contribution is 0.0568. The lowest BCUT2D eigenvalue weighted by atomic mass is 9.95. The number of aromatic hydroxyl groups is 1. The number of aromatic nitrogens is 1. The minimum Gasteiger partial charge on any atom is -0.504 e. The van der Waals surface area contributed by atoms with Crippen molar-refractivity contribution < 1.29 is 23.8 Å². The van der Waals surface area contributed by atoms with Gasteiger partial charge < -0.3 is 25.2 Å². The monoisotopic (exact) mass is 502 g/mol. The lowest BCUT2D eigenvalue weighted by Gasteiger charge is -2.37. The number of benzene rings is 2. The highest BCUT2D eigenvalue weighted by Gasteiger charge is 2.43. The molecule has 2 atom stereocenters. The summed E-state index contributed by atoms with van der Waals surface area (Å²) < 4.78 is 25.6. The quantitative estimate of drug-likeness (QED) is 0.535. The first kappa shape index (κ1) is 24.5. The Morgan fingerprint density at radius 1 is 1.08 bits per heavy atom. The van der Waals surface area contributed by atoms with E-state index >= 15 is 0 Å². The molecule has 3 aromatic rings. The first-order chi connectivity index (χ1) is 17.8. The summed E-state index contributed by atoms with van der Waals surface area (Å²) in [5.41, 5.74) is 7.91. The third-order valence-electron chi connectivity index (χ3n) is 7.26. The van der Waals surface area contributed by atoms with Crippen LogP contribution in [0.3, 0.4) is 0 Å². The Kier molecular flexibility index (Phi) is 6.44. The number of amides is 1. The molecule has 2 aromatic carbocycles. The average Bonchev–Trinajstić information content (AvgIpc) is 3.17. The number of ether oxygens (including phenoxy) is 2. The summed E-state index contributed by atoms with van der Waals surface area (Å²) in [4.78, 5) is 20.4. The number of nitriles is 1. The molecular weight excluding hydrogens is 475 g/mol. The van der Waals surface area contributed by atoms with Gasteiger partial charge >= 0.3 is 0 Å². The zero-order valence-electron chi connectivity index (χ0n) is 20.6. The van der Waals surface area contributed by atoms with Crippen LogP contribution in [0.4, 0.5) is 4.39 Å². The van der Waals surface area contributed by atoms with Crippen LogP contribution < -0.4 is 15.2 Å². The number of phenolic OH excluding ortho intramolecular Hbond substituents is 1. The molecule has 9 heteroatoms. The van der Waals surface area contributed by atoms with Crippen LogP contribution in [0.5, 0.6) is 17.2 Å². The molecule has 2 aliphatic heterocycles. The van der Waals surface area contributed by atoms with Crippen LogP contribution in [-0.4, -0.2) is 53.2 Å². The minimum absolute atomic E-state index is 0.0584. The van der Waals surface area contributed by atoms with Crippen molar-refractivity contribution in [3.63, 3.8) is 0 Å². The molecule has 37 heavy (non-hydrogen) atoms. The van der Waals surface area contributed by atoms with Gasteiger partial charge in [-0.05, 0) is 55.5 Å². The molecule has 1 amide bonds. The molecule has 2 bridgehead atoms. The fourth-order valence-electron chi connectivity index (χ4n) is 5.56. The van der Waals surface area contributed by atoms with E-state index in [0.717, 1.165) is 25.7 Å². The summed E-state index contributed by atoms with van der Waals surface area (Å²) in [7, 11) is 2.92. The molecule has 5 rings (SSSR count). The number of hydrogen-bond acceptors (Lipinski definition) is 7. The van der Waals surface area contributed by atoms with E-state index in [2.05, 4.69) is 0 Å². The molecule has 2 aliphatic rings. The second-order valence-electron chi connectivity index (χ2n) is 9.46. The number of carbonyl (C=O) groups is 1. The van der Waals surface area contributed by atoms with Gasteiger partial charge in [-0.15, -0.1) is 0 Å². The molecule has 2 saturated heterocycles. The zero-order chi connectivity index (χ0) is 26.3. The van der Waals surface area contributed by atoms with Crippen LogP contribution in [0.2, 0.25) is 0 Å². The standard InChI is InChI=1S/C28H27FN4O4/c1-36-24-8-5-15(10-23(24)34)26-25(37-2)13-22(28(35)33-19-6-7-20(33)12-18(31)11-19)32-27(26)16-3-4-17(14-30)21(29)9-16/h3-5,8-10,13,18-20,34H,6-7,11-12,31H2,1-2H3. The molecule has 0 aliphatic carbocycles. The molecule has 3 heterocycles. The van der Waals surface area contributed by atoms with E-state index < -0.39 is 5.82 Å². The SMILES string of the molecule is COc1ccc(-c2c(OC)cc(C(=O)N3C4CCC3CC(N)C4)nc2-c2ccc(C#N)c(F)c2)cc1O. The summed E-state index contributed by atoms with van der Waals surface area (Å²) in [5.74, 6) is -0.405. The van der Waals surface area contributed by atoms with Crippen molar-refractivity contribution >= 4 is 5.91 Å². The highest BCUT2D eigenvalue weighted by Crippen LogP contribution is 2.43. The van der Waals surface area contributed by atoms with Crippen LogP contribution in [0, 0.1) is 17.1 Å². The van der Waals surface area contributed by atoms with Gasteiger partial charge in [-0.1, -0.05) is 12.1 Å². The third kappa shape index (κ3) is 4.34. The number of piperidine rings is 1. The van der Waals surface area contributed by atoms with Gasteiger partial charge in [-0.3, -0.25) is 4.79 Å². The number of hydrogen-bond donors (Lipinski definition) is 2. The maximum atomic E-state index is 14.7. The fraction of sp³-hybridized carbons (Fsp3) is 0.321. The van der Waals surface area contributed by atoms with Gasteiger partial charge in [0.2, 0.25) is 0 Å². The highest BCUT2D eigenvalue weighted by molar-refractivity contribution is 5.97. The van der Waals surface area contributed by atoms with Crippen molar-refractivity contribution in [3.05, 3.63) is 59.5 Å². The van der Waals surface area contributed by atoms with Gasteiger partial charge in [-0.25, -0.2) is 9.37 Å². The number of methoxy groups -OCH3 is 2. The Bertz CT molecular complexity index is 1410. The van der Waals surface area contributed by atoms with E-state index in [1.165, 1.54) is 32.4 Å². The Balaban J connectivity index is 1.69. The van der Waals surface area contributed by atoms with Crippen molar-refractivity contribution in [1.29, 1.82) is 5.26 Å². The van der Waals surface area contributed by atoms with Crippen molar-refractivity contribution in [2.24, 2.45) is 5.73 Å². The molecule has 0 radical (unpaired) electrons. The van der Waals surface area contributed by atoms with Crippen molar-refractivity contribution in [2.45, 2.75) is 43.8 Å². The van der Waals surface area contributed by atoms with Crippen LogP contribution in [0.1, 0.15) is 41.7 Å². The van der Waals surface area contributed by atoms with Gasteiger partial charge in [0.05, 0.1) is 31.0 Å². The van der Waals surface area contributed by atoms with E-state index in [-0.39, 0.29) is 52.5 Å². The van der Waals surface area contributed by atoms with E-state index in [1.807, 2.05) is 11.0 Å². The van der Waals surface area contributed by atoms with Crippen LogP contribution >= 0.6 is 0 Å². The van der Waals surface area contributed by atoms with Crippen molar-refractivity contribution in [1.82, 2.24) is 9.88 Å². The van der Waals surface area contributed by atoms with Gasteiger partial charge in [-0.2, -0.15) is 5.26 Å². The highest BCUT2D eigenvalue weighted by atomic mass is 19.1. The molecule has 0 saturated carbocycles. The Labute approximate surface area is 214 Å². The van der Waals surface area contributed by atoms with Crippen LogP contribution in [0.15, 0.2) is 42.5 Å². The predicted molar refractivity (Wildman–Crippen MR) is 135 cm³/mol. The number of fused-ring (bicyclic) bond motifs is 2. The molecular formula is C28H27FN4O4. The topological polar surface area (TPSA) is 122 Å².